The van der Waals surface area contributed by atoms with Crippen molar-refractivity contribution in [2.24, 2.45) is 0 Å². The molecule has 0 aromatic heterocycles. The number of halogens is 2. The van der Waals surface area contributed by atoms with Crippen LogP contribution in [-0.2, 0) is 4.79 Å². The van der Waals surface area contributed by atoms with Crippen molar-refractivity contribution in [1.82, 2.24) is 10.9 Å². The fourth-order valence-corrected chi connectivity index (χ4v) is 2.18. The first-order chi connectivity index (χ1) is 11.4. The van der Waals surface area contributed by atoms with Crippen molar-refractivity contribution in [2.75, 3.05) is 6.61 Å². The molecule has 7 heteroatoms. The van der Waals surface area contributed by atoms with Crippen molar-refractivity contribution >= 4 is 35.0 Å². The number of hydrogen-bond donors (Lipinski definition) is 2. The minimum absolute atomic E-state index is 0.216. The summed E-state index contributed by atoms with van der Waals surface area (Å²) in [7, 11) is 0. The predicted octanol–water partition coefficient (Wildman–Crippen LogP) is 3.45. The molecule has 0 unspecified atom stereocenters. The smallest absolute Gasteiger partial charge is 0.276 e. The van der Waals surface area contributed by atoms with Crippen LogP contribution in [0.4, 0.5) is 0 Å². The maximum atomic E-state index is 11.9. The van der Waals surface area contributed by atoms with Gasteiger partial charge in [-0.25, -0.2) is 0 Å². The largest absolute Gasteiger partial charge is 0.483 e. The van der Waals surface area contributed by atoms with Crippen LogP contribution in [0.25, 0.3) is 0 Å². The Hall–Kier alpha value is -2.24. The van der Waals surface area contributed by atoms with Crippen molar-refractivity contribution in [3.63, 3.8) is 0 Å². The van der Waals surface area contributed by atoms with Crippen LogP contribution in [0.2, 0.25) is 10.0 Å². The Labute approximate surface area is 149 Å². The monoisotopic (exact) mass is 366 g/mol. The highest BCUT2D eigenvalue weighted by Gasteiger charge is 2.10. The summed E-state index contributed by atoms with van der Waals surface area (Å²) in [6, 6.07) is 10.1. The number of carbonyl (C=O) groups excluding carboxylic acids is 2. The molecule has 0 aliphatic rings. The fraction of sp³-hybridized carbons (Fsp3) is 0.176. The van der Waals surface area contributed by atoms with Gasteiger partial charge in [0.1, 0.15) is 5.75 Å². The van der Waals surface area contributed by atoms with Crippen molar-refractivity contribution in [2.45, 2.75) is 13.8 Å². The number of rotatable bonds is 4. The Morgan fingerprint density at radius 3 is 2.46 bits per heavy atom. The van der Waals surface area contributed by atoms with Gasteiger partial charge in [-0.05, 0) is 49.2 Å². The molecule has 0 bridgehead atoms. The molecule has 0 saturated heterocycles. The molecule has 0 heterocycles. The van der Waals surface area contributed by atoms with E-state index in [0.717, 1.165) is 11.1 Å². The van der Waals surface area contributed by atoms with Gasteiger partial charge in [-0.3, -0.25) is 20.4 Å². The minimum atomic E-state index is -0.506. The maximum absolute atomic E-state index is 11.9. The van der Waals surface area contributed by atoms with Crippen LogP contribution >= 0.6 is 23.2 Å². The number of benzene rings is 2. The van der Waals surface area contributed by atoms with Crippen molar-refractivity contribution in [1.29, 1.82) is 0 Å². The van der Waals surface area contributed by atoms with Crippen LogP contribution in [0.15, 0.2) is 36.4 Å². The lowest BCUT2D eigenvalue weighted by Gasteiger charge is -2.11. The average Bonchev–Trinajstić information content (AvgIpc) is 2.56. The van der Waals surface area contributed by atoms with Gasteiger partial charge in [0.15, 0.2) is 6.61 Å². The lowest BCUT2D eigenvalue weighted by atomic mass is 10.1. The second-order valence-corrected chi connectivity index (χ2v) is 6.00. The van der Waals surface area contributed by atoms with E-state index in [1.807, 2.05) is 32.0 Å². The highest BCUT2D eigenvalue weighted by Crippen LogP contribution is 2.22. The van der Waals surface area contributed by atoms with Gasteiger partial charge in [0.2, 0.25) is 0 Å². The van der Waals surface area contributed by atoms with Gasteiger partial charge in [0.25, 0.3) is 11.8 Å². The van der Waals surface area contributed by atoms with E-state index >= 15 is 0 Å². The molecule has 0 fully saturated rings. The van der Waals surface area contributed by atoms with Crippen LogP contribution in [0.3, 0.4) is 0 Å². The normalized spacial score (nSPS) is 10.2. The van der Waals surface area contributed by atoms with E-state index in [-0.39, 0.29) is 17.2 Å². The molecule has 0 atom stereocenters. The third kappa shape index (κ3) is 4.88. The van der Waals surface area contributed by atoms with E-state index in [9.17, 15) is 9.59 Å². The number of hydrazine groups is 1. The molecule has 5 nitrogen and oxygen atoms in total. The number of amides is 2. The molecule has 2 N–H and O–H groups in total. The zero-order valence-electron chi connectivity index (χ0n) is 13.2. The second-order valence-electron chi connectivity index (χ2n) is 5.19. The molecule has 24 heavy (non-hydrogen) atoms. The Morgan fingerprint density at radius 2 is 1.75 bits per heavy atom. The number of nitrogens with one attached hydrogen (secondary N) is 2. The van der Waals surface area contributed by atoms with Gasteiger partial charge in [-0.15, -0.1) is 0 Å². The maximum Gasteiger partial charge on any atom is 0.276 e. The number of ether oxygens (including phenoxy) is 1. The first-order valence-electron chi connectivity index (χ1n) is 7.11. The Morgan fingerprint density at radius 1 is 1.00 bits per heavy atom. The minimum Gasteiger partial charge on any atom is -0.483 e. The Kier molecular flexibility index (Phi) is 6.06. The Bertz CT molecular complexity index is 778. The first kappa shape index (κ1) is 18.1. The summed E-state index contributed by atoms with van der Waals surface area (Å²) >= 11 is 11.6. The molecule has 0 aliphatic heterocycles. The van der Waals surface area contributed by atoms with Crippen molar-refractivity contribution < 1.29 is 14.3 Å². The summed E-state index contributed by atoms with van der Waals surface area (Å²) < 4.78 is 5.45. The summed E-state index contributed by atoms with van der Waals surface area (Å²) in [5, 5.41) is 0.605. The van der Waals surface area contributed by atoms with E-state index in [1.54, 1.807) is 0 Å². The molecule has 0 radical (unpaired) electrons. The SMILES string of the molecule is Cc1ccc(C)c(OCC(=O)NNC(=O)c2ccc(Cl)c(Cl)c2)c1. The number of hydrogen-bond acceptors (Lipinski definition) is 3. The standard InChI is InChI=1S/C17H16Cl2N2O3/c1-10-3-4-11(2)15(7-10)24-9-16(22)20-21-17(23)12-5-6-13(18)14(19)8-12/h3-8H,9H2,1-2H3,(H,20,22)(H,21,23). The van der Waals surface area contributed by atoms with Gasteiger partial charge >= 0.3 is 0 Å². The van der Waals surface area contributed by atoms with E-state index in [2.05, 4.69) is 10.9 Å². The molecule has 2 aromatic carbocycles. The average molecular weight is 367 g/mol. The lowest BCUT2D eigenvalue weighted by Crippen LogP contribution is -2.43. The van der Waals surface area contributed by atoms with Gasteiger partial charge in [-0.2, -0.15) is 0 Å². The molecule has 2 aromatic rings. The third-order valence-corrected chi connectivity index (χ3v) is 3.94. The molecular formula is C17H16Cl2N2O3. The van der Waals surface area contributed by atoms with Gasteiger partial charge in [-0.1, -0.05) is 35.3 Å². The predicted molar refractivity (Wildman–Crippen MR) is 93.5 cm³/mol. The van der Waals surface area contributed by atoms with Gasteiger partial charge in [0, 0.05) is 5.56 Å². The van der Waals surface area contributed by atoms with Crippen LogP contribution < -0.4 is 15.6 Å². The van der Waals surface area contributed by atoms with Gasteiger partial charge < -0.3 is 4.74 Å². The molecule has 0 spiro atoms. The molecule has 2 rings (SSSR count). The summed E-state index contributed by atoms with van der Waals surface area (Å²) in [4.78, 5) is 23.7. The highest BCUT2D eigenvalue weighted by molar-refractivity contribution is 6.42. The molecular weight excluding hydrogens is 351 g/mol. The van der Waals surface area contributed by atoms with Gasteiger partial charge in [0.05, 0.1) is 10.0 Å². The lowest BCUT2D eigenvalue weighted by molar-refractivity contribution is -0.123. The zero-order chi connectivity index (χ0) is 17.7. The topological polar surface area (TPSA) is 67.4 Å². The quantitative estimate of drug-likeness (QED) is 0.814. The third-order valence-electron chi connectivity index (χ3n) is 3.20. The fourth-order valence-electron chi connectivity index (χ4n) is 1.88. The molecule has 126 valence electrons. The van der Waals surface area contributed by atoms with Crippen molar-refractivity contribution in [3.8, 4) is 5.75 Å². The van der Waals surface area contributed by atoms with Crippen LogP contribution in [-0.4, -0.2) is 18.4 Å². The molecule has 2 amide bonds. The van der Waals surface area contributed by atoms with Crippen LogP contribution in [0.1, 0.15) is 21.5 Å². The first-order valence-corrected chi connectivity index (χ1v) is 7.86. The summed E-state index contributed by atoms with van der Waals surface area (Å²) in [6.07, 6.45) is 0. The van der Waals surface area contributed by atoms with E-state index < -0.39 is 11.8 Å². The summed E-state index contributed by atoms with van der Waals surface area (Å²) in [5.74, 6) is -0.362. The van der Waals surface area contributed by atoms with E-state index in [1.165, 1.54) is 18.2 Å². The number of aryl methyl sites for hydroxylation is 2. The van der Waals surface area contributed by atoms with E-state index in [0.29, 0.717) is 10.8 Å². The molecule has 0 saturated carbocycles. The van der Waals surface area contributed by atoms with Crippen LogP contribution in [0, 0.1) is 13.8 Å². The Balaban J connectivity index is 1.85. The second kappa shape index (κ2) is 8.04. The number of carbonyl (C=O) groups is 2. The van der Waals surface area contributed by atoms with Crippen LogP contribution in [0.5, 0.6) is 5.75 Å². The molecule has 0 aliphatic carbocycles. The highest BCUT2D eigenvalue weighted by atomic mass is 35.5. The zero-order valence-corrected chi connectivity index (χ0v) is 14.7. The van der Waals surface area contributed by atoms with E-state index in [4.69, 9.17) is 27.9 Å². The van der Waals surface area contributed by atoms with Crippen molar-refractivity contribution in [3.05, 3.63) is 63.1 Å². The summed E-state index contributed by atoms with van der Waals surface area (Å²) in [5.41, 5.74) is 6.80. The summed E-state index contributed by atoms with van der Waals surface area (Å²) in [6.45, 7) is 3.61.